The number of hydrogen-bond donors (Lipinski definition) is 2. The first-order chi connectivity index (χ1) is 12.3. The Morgan fingerprint density at radius 1 is 1.27 bits per heavy atom. The summed E-state index contributed by atoms with van der Waals surface area (Å²) in [5, 5.41) is 11.8. The number of likely N-dealkylation sites (N-methyl/N-ethyl adjacent to an activating group) is 1. The smallest absolute Gasteiger partial charge is 0.317 e. The summed E-state index contributed by atoms with van der Waals surface area (Å²) in [5.74, 6) is -1.06. The molecule has 142 valence electrons. The predicted octanol–water partition coefficient (Wildman–Crippen LogP) is 1.70. The van der Waals surface area contributed by atoms with Crippen molar-refractivity contribution >= 4 is 23.3 Å². The molecule has 0 radical (unpaired) electrons. The quantitative estimate of drug-likeness (QED) is 0.719. The minimum absolute atomic E-state index is 0.0303. The fourth-order valence-corrected chi connectivity index (χ4v) is 3.36. The second-order valence-electron chi connectivity index (χ2n) is 6.84. The number of piperidine rings is 1. The fourth-order valence-electron chi connectivity index (χ4n) is 3.36. The first kappa shape index (κ1) is 20.1. The van der Waals surface area contributed by atoms with Crippen molar-refractivity contribution < 1.29 is 19.5 Å². The average molecular weight is 361 g/mol. The van der Waals surface area contributed by atoms with E-state index in [2.05, 4.69) is 10.2 Å². The molecule has 1 unspecified atom stereocenters. The number of nitrogens with one attached hydrogen (secondary N) is 1. The molecule has 1 aliphatic rings. The number of amides is 1. The monoisotopic (exact) mass is 361 g/mol. The van der Waals surface area contributed by atoms with Gasteiger partial charge in [0, 0.05) is 24.7 Å². The second-order valence-corrected chi connectivity index (χ2v) is 6.84. The Balaban J connectivity index is 1.92. The van der Waals surface area contributed by atoms with Crippen LogP contribution in [0.3, 0.4) is 0 Å². The van der Waals surface area contributed by atoms with E-state index in [0.717, 1.165) is 25.9 Å². The highest BCUT2D eigenvalue weighted by atomic mass is 16.4. The summed E-state index contributed by atoms with van der Waals surface area (Å²) in [6.45, 7) is 4.83. The molecule has 7 nitrogen and oxygen atoms in total. The van der Waals surface area contributed by atoms with Crippen LogP contribution in [0.25, 0.3) is 0 Å². The van der Waals surface area contributed by atoms with Crippen molar-refractivity contribution in [1.82, 2.24) is 9.80 Å². The summed E-state index contributed by atoms with van der Waals surface area (Å²) in [6.07, 6.45) is 1.65. The minimum atomic E-state index is -0.827. The summed E-state index contributed by atoms with van der Waals surface area (Å²) < 4.78 is 0. The summed E-state index contributed by atoms with van der Waals surface area (Å²) in [4.78, 5) is 39.1. The molecule has 0 aliphatic carbocycles. The van der Waals surface area contributed by atoms with Crippen LogP contribution in [0.2, 0.25) is 0 Å². The number of ketones is 1. The van der Waals surface area contributed by atoms with Crippen molar-refractivity contribution in [2.75, 3.05) is 32.0 Å². The van der Waals surface area contributed by atoms with Gasteiger partial charge < -0.3 is 10.4 Å². The number of carbonyl (C=O) groups excluding carboxylic acids is 2. The Kier molecular flexibility index (Phi) is 6.88. The molecule has 1 atom stereocenters. The number of aliphatic carboxylic acids is 1. The maximum absolute atomic E-state index is 12.6. The molecule has 0 bridgehead atoms. The van der Waals surface area contributed by atoms with Crippen molar-refractivity contribution in [3.05, 3.63) is 29.8 Å². The molecule has 7 heteroatoms. The molecule has 26 heavy (non-hydrogen) atoms. The normalized spacial score (nSPS) is 17.1. The molecule has 1 amide bonds. The molecule has 0 aromatic heterocycles. The van der Waals surface area contributed by atoms with E-state index in [1.54, 1.807) is 24.3 Å². The van der Waals surface area contributed by atoms with Crippen LogP contribution < -0.4 is 5.32 Å². The third kappa shape index (κ3) is 5.12. The maximum Gasteiger partial charge on any atom is 0.317 e. The van der Waals surface area contributed by atoms with Crippen LogP contribution in [-0.4, -0.2) is 71.3 Å². The van der Waals surface area contributed by atoms with Gasteiger partial charge in [-0.2, -0.15) is 0 Å². The Labute approximate surface area is 154 Å². The van der Waals surface area contributed by atoms with Crippen LogP contribution in [0.4, 0.5) is 5.69 Å². The fraction of sp³-hybridized carbons (Fsp3) is 0.526. The Morgan fingerprint density at radius 3 is 2.46 bits per heavy atom. The van der Waals surface area contributed by atoms with Gasteiger partial charge in [0.05, 0.1) is 18.3 Å². The van der Waals surface area contributed by atoms with Gasteiger partial charge in [-0.25, -0.2) is 0 Å². The molecule has 2 N–H and O–H groups in total. The van der Waals surface area contributed by atoms with Crippen molar-refractivity contribution in [3.63, 3.8) is 0 Å². The van der Waals surface area contributed by atoms with E-state index in [-0.39, 0.29) is 30.3 Å². The third-order valence-electron chi connectivity index (χ3n) is 5.00. The number of nitrogens with zero attached hydrogens (tertiary/aromatic N) is 2. The van der Waals surface area contributed by atoms with Crippen LogP contribution in [0, 0.1) is 0 Å². The van der Waals surface area contributed by atoms with Crippen LogP contribution in [0.1, 0.15) is 37.0 Å². The Hall–Kier alpha value is -2.25. The van der Waals surface area contributed by atoms with E-state index in [9.17, 15) is 14.4 Å². The first-order valence-corrected chi connectivity index (χ1v) is 8.86. The van der Waals surface area contributed by atoms with Gasteiger partial charge >= 0.3 is 5.97 Å². The van der Waals surface area contributed by atoms with Gasteiger partial charge in [0.2, 0.25) is 5.91 Å². The minimum Gasteiger partial charge on any atom is -0.480 e. The van der Waals surface area contributed by atoms with Crippen LogP contribution in [-0.2, 0) is 9.59 Å². The van der Waals surface area contributed by atoms with Gasteiger partial charge in [0.15, 0.2) is 5.78 Å². The van der Waals surface area contributed by atoms with Crippen molar-refractivity contribution in [1.29, 1.82) is 0 Å². The lowest BCUT2D eigenvalue weighted by atomic mass is 10.0. The van der Waals surface area contributed by atoms with Crippen molar-refractivity contribution in [2.24, 2.45) is 0 Å². The van der Waals surface area contributed by atoms with E-state index in [1.165, 1.54) is 6.92 Å². The molecule has 1 aliphatic heterocycles. The topological polar surface area (TPSA) is 90.0 Å². The summed E-state index contributed by atoms with van der Waals surface area (Å²) in [6, 6.07) is 6.89. The highest BCUT2D eigenvalue weighted by molar-refractivity contribution is 6.04. The summed E-state index contributed by atoms with van der Waals surface area (Å²) in [5.41, 5.74) is 1.04. The van der Waals surface area contributed by atoms with Crippen LogP contribution in [0.15, 0.2) is 24.3 Å². The lowest BCUT2D eigenvalue weighted by Gasteiger charge is -2.38. The largest absolute Gasteiger partial charge is 0.480 e. The zero-order valence-corrected chi connectivity index (χ0v) is 15.6. The maximum atomic E-state index is 12.6. The summed E-state index contributed by atoms with van der Waals surface area (Å²) in [7, 11) is 1.82. The molecule has 1 heterocycles. The highest BCUT2D eigenvalue weighted by Gasteiger charge is 2.29. The van der Waals surface area contributed by atoms with Crippen molar-refractivity contribution in [2.45, 2.75) is 38.8 Å². The number of rotatable bonds is 7. The second kappa shape index (κ2) is 8.91. The molecular formula is C19H27N3O4. The van der Waals surface area contributed by atoms with Crippen LogP contribution in [0.5, 0.6) is 0 Å². The average Bonchev–Trinajstić information content (AvgIpc) is 2.60. The molecule has 1 saturated heterocycles. The third-order valence-corrected chi connectivity index (χ3v) is 5.00. The van der Waals surface area contributed by atoms with Gasteiger partial charge in [-0.15, -0.1) is 0 Å². The number of benzene rings is 1. The highest BCUT2D eigenvalue weighted by Crippen LogP contribution is 2.20. The van der Waals surface area contributed by atoms with Gasteiger partial charge in [-0.3, -0.25) is 24.2 Å². The van der Waals surface area contributed by atoms with E-state index >= 15 is 0 Å². The number of carboxylic acids is 1. The molecule has 1 aromatic carbocycles. The molecule has 0 spiro atoms. The first-order valence-electron chi connectivity index (χ1n) is 8.86. The predicted molar refractivity (Wildman–Crippen MR) is 99.4 cm³/mol. The molecular weight excluding hydrogens is 334 g/mol. The standard InChI is InChI=1S/C19H27N3O4/c1-13(19(26)20-17-7-5-4-6-16(17)14(2)23)22-10-8-15(9-11-22)21(3)12-18(24)25/h4-7,13,15H,8-12H2,1-3H3,(H,20,26)(H,24,25). The van der Waals surface area contributed by atoms with Gasteiger partial charge in [-0.1, -0.05) is 12.1 Å². The lowest BCUT2D eigenvalue weighted by molar-refractivity contribution is -0.138. The Morgan fingerprint density at radius 2 is 1.88 bits per heavy atom. The van der Waals surface area contributed by atoms with E-state index < -0.39 is 5.97 Å². The SMILES string of the molecule is CC(=O)c1ccccc1NC(=O)C(C)N1CCC(N(C)CC(=O)O)CC1. The van der Waals surface area contributed by atoms with Crippen LogP contribution >= 0.6 is 0 Å². The van der Waals surface area contributed by atoms with E-state index in [0.29, 0.717) is 11.3 Å². The molecule has 0 saturated carbocycles. The Bertz CT molecular complexity index is 669. The number of carbonyl (C=O) groups is 3. The number of Topliss-reactive ketones (excluding diaryl/α,β-unsaturated/α-hetero) is 1. The van der Waals surface area contributed by atoms with E-state index in [1.807, 2.05) is 18.9 Å². The number of carboxylic acid groups (broad SMARTS) is 1. The molecule has 2 rings (SSSR count). The zero-order valence-electron chi connectivity index (χ0n) is 15.6. The number of para-hydroxylation sites is 1. The number of anilines is 1. The zero-order chi connectivity index (χ0) is 19.3. The van der Waals surface area contributed by atoms with E-state index in [4.69, 9.17) is 5.11 Å². The van der Waals surface area contributed by atoms with Crippen molar-refractivity contribution in [3.8, 4) is 0 Å². The summed E-state index contributed by atoms with van der Waals surface area (Å²) >= 11 is 0. The van der Waals surface area contributed by atoms with Gasteiger partial charge in [-0.05, 0) is 45.9 Å². The lowest BCUT2D eigenvalue weighted by Crippen LogP contribution is -2.50. The van der Waals surface area contributed by atoms with Gasteiger partial charge in [0.25, 0.3) is 0 Å². The number of likely N-dealkylation sites (tertiary alicyclic amines) is 1. The molecule has 1 fully saturated rings. The number of hydrogen-bond acceptors (Lipinski definition) is 5. The van der Waals surface area contributed by atoms with Gasteiger partial charge in [0.1, 0.15) is 0 Å². The molecule has 1 aromatic rings.